The van der Waals surface area contributed by atoms with Gasteiger partial charge in [0, 0.05) is 13.6 Å². The number of likely N-dealkylation sites (tertiary alicyclic amines) is 1. The molecule has 3 heterocycles. The molecule has 0 spiro atoms. The number of hydrogen-bond donors (Lipinski definition) is 1. The number of aryl methyl sites for hydroxylation is 3. The Balaban J connectivity index is 1.61. The van der Waals surface area contributed by atoms with Gasteiger partial charge in [-0.25, -0.2) is 4.98 Å². The van der Waals surface area contributed by atoms with Crippen molar-refractivity contribution < 1.29 is 9.21 Å². The summed E-state index contributed by atoms with van der Waals surface area (Å²) in [6, 6.07) is 8.61. The molecule has 1 aliphatic rings. The second-order valence-corrected chi connectivity index (χ2v) is 8.46. The highest BCUT2D eigenvalue weighted by Gasteiger charge is 2.26. The van der Waals surface area contributed by atoms with Crippen molar-refractivity contribution in [2.24, 2.45) is 7.05 Å². The van der Waals surface area contributed by atoms with E-state index >= 15 is 0 Å². The molecular weight excluding hydrogens is 392 g/mol. The summed E-state index contributed by atoms with van der Waals surface area (Å²) in [6.07, 6.45) is 6.25. The Morgan fingerprint density at radius 2 is 1.81 bits per heavy atom. The number of nitrogens with one attached hydrogen (secondary N) is 1. The highest BCUT2D eigenvalue weighted by atomic mass is 16.3. The van der Waals surface area contributed by atoms with Crippen molar-refractivity contribution in [3.8, 4) is 0 Å². The summed E-state index contributed by atoms with van der Waals surface area (Å²) in [5.74, 6) is 0.109. The van der Waals surface area contributed by atoms with Crippen molar-refractivity contribution in [1.29, 1.82) is 0 Å². The first-order chi connectivity index (χ1) is 15.0. The first-order valence-electron chi connectivity index (χ1n) is 11.0. The third kappa shape index (κ3) is 4.42. The van der Waals surface area contributed by atoms with Crippen LogP contribution in [0.15, 0.2) is 39.8 Å². The Kier molecular flexibility index (Phi) is 6.23. The third-order valence-corrected chi connectivity index (χ3v) is 6.17. The smallest absolute Gasteiger partial charge is 0.265 e. The normalized spacial score (nSPS) is 16.2. The van der Waals surface area contributed by atoms with Crippen molar-refractivity contribution in [2.45, 2.75) is 45.6 Å². The fourth-order valence-corrected chi connectivity index (χ4v) is 4.39. The van der Waals surface area contributed by atoms with E-state index in [1.54, 1.807) is 14.0 Å². The molecule has 0 aliphatic carbocycles. The number of furan rings is 1. The maximum absolute atomic E-state index is 13.2. The second kappa shape index (κ2) is 9.06. The summed E-state index contributed by atoms with van der Waals surface area (Å²) < 4.78 is 6.96. The van der Waals surface area contributed by atoms with Gasteiger partial charge in [-0.3, -0.25) is 14.5 Å². The Bertz CT molecular complexity index is 1120. The minimum atomic E-state index is -0.298. The minimum Gasteiger partial charge on any atom is -0.442 e. The average molecular weight is 423 g/mol. The lowest BCUT2D eigenvalue weighted by molar-refractivity contribution is 0.0933. The molecule has 31 heavy (non-hydrogen) atoms. The number of aromatic nitrogens is 2. The lowest BCUT2D eigenvalue weighted by Gasteiger charge is -2.31. The van der Waals surface area contributed by atoms with Gasteiger partial charge in [0.1, 0.15) is 17.5 Å². The summed E-state index contributed by atoms with van der Waals surface area (Å²) >= 11 is 0. The second-order valence-electron chi connectivity index (χ2n) is 8.46. The van der Waals surface area contributed by atoms with Gasteiger partial charge in [0.2, 0.25) is 5.71 Å². The average Bonchev–Trinajstić information content (AvgIpc) is 2.91. The molecule has 1 atom stereocenters. The van der Waals surface area contributed by atoms with E-state index in [4.69, 9.17) is 4.42 Å². The van der Waals surface area contributed by atoms with E-state index in [0.717, 1.165) is 13.1 Å². The van der Waals surface area contributed by atoms with Crippen LogP contribution in [0.3, 0.4) is 0 Å². The molecule has 3 aromatic rings. The highest BCUT2D eigenvalue weighted by Crippen LogP contribution is 2.25. The molecule has 2 aromatic heterocycles. The summed E-state index contributed by atoms with van der Waals surface area (Å²) in [6.45, 7) is 6.28. The zero-order chi connectivity index (χ0) is 22.0. The quantitative estimate of drug-likeness (QED) is 0.681. The van der Waals surface area contributed by atoms with Gasteiger partial charge in [-0.1, -0.05) is 42.7 Å². The number of carbonyl (C=O) groups is 1. The van der Waals surface area contributed by atoms with Gasteiger partial charge in [0.25, 0.3) is 11.5 Å². The van der Waals surface area contributed by atoms with Gasteiger partial charge in [-0.05, 0) is 45.3 Å². The molecule has 4 rings (SSSR count). The number of benzene rings is 1. The van der Waals surface area contributed by atoms with E-state index in [1.165, 1.54) is 47.7 Å². The summed E-state index contributed by atoms with van der Waals surface area (Å²) in [5.41, 5.74) is 2.61. The molecule has 0 radical (unpaired) electrons. The lowest BCUT2D eigenvalue weighted by atomic mass is 10.0. The van der Waals surface area contributed by atoms with E-state index in [9.17, 15) is 9.59 Å². The fourth-order valence-electron chi connectivity index (χ4n) is 4.39. The zero-order valence-corrected chi connectivity index (χ0v) is 18.5. The summed E-state index contributed by atoms with van der Waals surface area (Å²) in [5, 5.41) is 3.32. The van der Waals surface area contributed by atoms with Gasteiger partial charge in [-0.2, -0.15) is 0 Å². The van der Waals surface area contributed by atoms with Gasteiger partial charge in [0.05, 0.1) is 11.6 Å². The molecule has 1 fully saturated rings. The molecule has 1 amide bonds. The van der Waals surface area contributed by atoms with E-state index in [1.807, 2.05) is 0 Å². The van der Waals surface area contributed by atoms with Crippen LogP contribution in [-0.2, 0) is 7.05 Å². The minimum absolute atomic E-state index is 0.0853. The van der Waals surface area contributed by atoms with E-state index < -0.39 is 0 Å². The van der Waals surface area contributed by atoms with Crippen LogP contribution in [0.1, 0.15) is 59.0 Å². The van der Waals surface area contributed by atoms with Crippen molar-refractivity contribution in [3.05, 3.63) is 63.4 Å². The molecule has 1 aliphatic heterocycles. The van der Waals surface area contributed by atoms with Crippen molar-refractivity contribution in [3.63, 3.8) is 0 Å². The monoisotopic (exact) mass is 422 g/mol. The molecule has 1 aromatic carbocycles. The van der Waals surface area contributed by atoms with Gasteiger partial charge in [0.15, 0.2) is 0 Å². The Hall–Kier alpha value is -2.93. The Morgan fingerprint density at radius 3 is 2.48 bits per heavy atom. The zero-order valence-electron chi connectivity index (χ0n) is 18.5. The first-order valence-corrected chi connectivity index (χ1v) is 11.0. The largest absolute Gasteiger partial charge is 0.442 e. The molecule has 0 bridgehead atoms. The van der Waals surface area contributed by atoms with Crippen LogP contribution in [0.25, 0.3) is 11.1 Å². The van der Waals surface area contributed by atoms with Crippen molar-refractivity contribution in [2.75, 3.05) is 19.6 Å². The Labute approximate surface area is 182 Å². The first kappa shape index (κ1) is 21.3. The fraction of sp³-hybridized carbons (Fsp3) is 0.458. The number of nitrogens with zero attached hydrogens (tertiary/aromatic N) is 3. The predicted molar refractivity (Wildman–Crippen MR) is 120 cm³/mol. The Morgan fingerprint density at radius 1 is 1.13 bits per heavy atom. The molecular formula is C24H30N4O3. The van der Waals surface area contributed by atoms with Crippen LogP contribution in [0.4, 0.5) is 0 Å². The van der Waals surface area contributed by atoms with Crippen molar-refractivity contribution in [1.82, 2.24) is 19.8 Å². The third-order valence-electron chi connectivity index (χ3n) is 6.17. The standard InChI is InChI=1S/C24H30N4O3/c1-16-8-10-18(11-9-16)19(28-12-6-4-5-7-13-28)14-25-22(29)20-17(2)31-23-21(20)24(30)27(3)15-26-23/h8-11,15,19H,4-7,12-14H2,1-3H3,(H,25,29). The van der Waals surface area contributed by atoms with Gasteiger partial charge >= 0.3 is 0 Å². The number of hydrogen-bond acceptors (Lipinski definition) is 5. The van der Waals surface area contributed by atoms with Crippen LogP contribution < -0.4 is 10.9 Å². The molecule has 1 saturated heterocycles. The number of carbonyl (C=O) groups excluding carboxylic acids is 1. The van der Waals surface area contributed by atoms with Crippen molar-refractivity contribution >= 4 is 17.0 Å². The van der Waals surface area contributed by atoms with Gasteiger partial charge < -0.3 is 14.3 Å². The van der Waals surface area contributed by atoms with Crippen LogP contribution in [0, 0.1) is 13.8 Å². The number of fused-ring (bicyclic) bond motifs is 1. The molecule has 7 heteroatoms. The van der Waals surface area contributed by atoms with Crippen LogP contribution in [0.5, 0.6) is 0 Å². The summed E-state index contributed by atoms with van der Waals surface area (Å²) in [7, 11) is 1.62. The molecule has 0 saturated carbocycles. The SMILES string of the molecule is Cc1ccc(C(CNC(=O)c2c(C)oc3ncn(C)c(=O)c23)N2CCCCCC2)cc1. The maximum atomic E-state index is 13.2. The molecule has 1 N–H and O–H groups in total. The van der Waals surface area contributed by atoms with E-state index in [2.05, 4.69) is 46.4 Å². The van der Waals surface area contributed by atoms with E-state index in [-0.39, 0.29) is 34.2 Å². The van der Waals surface area contributed by atoms with E-state index in [0.29, 0.717) is 12.3 Å². The van der Waals surface area contributed by atoms with Crippen LogP contribution >= 0.6 is 0 Å². The molecule has 7 nitrogen and oxygen atoms in total. The molecule has 1 unspecified atom stereocenters. The lowest BCUT2D eigenvalue weighted by Crippen LogP contribution is -2.39. The summed E-state index contributed by atoms with van der Waals surface area (Å²) in [4.78, 5) is 32.4. The van der Waals surface area contributed by atoms with Crippen LogP contribution in [0.2, 0.25) is 0 Å². The predicted octanol–water partition coefficient (Wildman–Crippen LogP) is 3.49. The topological polar surface area (TPSA) is 80.4 Å². The highest BCUT2D eigenvalue weighted by molar-refractivity contribution is 6.06. The maximum Gasteiger partial charge on any atom is 0.265 e. The van der Waals surface area contributed by atoms with Crippen LogP contribution in [-0.4, -0.2) is 40.0 Å². The molecule has 164 valence electrons. The number of rotatable bonds is 5. The van der Waals surface area contributed by atoms with Gasteiger partial charge in [-0.15, -0.1) is 0 Å². The number of amides is 1.